The van der Waals surface area contributed by atoms with Crippen LogP contribution in [0, 0.1) is 0 Å². The summed E-state index contributed by atoms with van der Waals surface area (Å²) in [6.07, 6.45) is 1.87. The summed E-state index contributed by atoms with van der Waals surface area (Å²) in [5.74, 6) is -0.785. The van der Waals surface area contributed by atoms with Crippen molar-refractivity contribution < 1.29 is 28.6 Å². The Morgan fingerprint density at radius 1 is 0.600 bits per heavy atom. The summed E-state index contributed by atoms with van der Waals surface area (Å²) in [4.78, 5) is 38.3. The summed E-state index contributed by atoms with van der Waals surface area (Å²) in [6, 6.07) is 0. The first-order chi connectivity index (χ1) is 12.0. The number of hydrogen-bond acceptors (Lipinski definition) is 8. The van der Waals surface area contributed by atoms with Gasteiger partial charge >= 0.3 is 17.9 Å². The number of carbonyl (C=O) groups is 3. The minimum Gasteiger partial charge on any atom is -0.469 e. The number of nitrogens with zero attached hydrogens (tertiary/aromatic N) is 2. The molecule has 0 aliphatic heterocycles. The van der Waals surface area contributed by atoms with Crippen LogP contribution in [0.1, 0.15) is 32.6 Å². The highest BCUT2D eigenvalue weighted by Crippen LogP contribution is 2.01. The lowest BCUT2D eigenvalue weighted by molar-refractivity contribution is -0.142. The normalized spacial score (nSPS) is 10.8. The Kier molecular flexibility index (Phi) is 13.7. The van der Waals surface area contributed by atoms with Gasteiger partial charge < -0.3 is 24.0 Å². The summed E-state index contributed by atoms with van der Waals surface area (Å²) >= 11 is 0. The summed E-state index contributed by atoms with van der Waals surface area (Å²) in [7, 11) is 4.10. The molecule has 0 saturated carbocycles. The van der Waals surface area contributed by atoms with Crippen LogP contribution in [0.25, 0.3) is 0 Å². The fourth-order valence-corrected chi connectivity index (χ4v) is 2.32. The molecule has 0 amide bonds. The number of rotatable bonds is 14. The van der Waals surface area contributed by atoms with Gasteiger partial charge in [0.1, 0.15) is 0 Å². The maximum Gasteiger partial charge on any atom is 0.306 e. The SMILES string of the molecule is CCCN(CCC(=O)OC)CCN(CCC(=O)OC)CCC(=O)OC. The Balaban J connectivity index is 4.50. The molecular formula is C17H32N2O6. The predicted octanol–water partition coefficient (Wildman–Crippen LogP) is 0.690. The van der Waals surface area contributed by atoms with Crippen LogP contribution in [0.3, 0.4) is 0 Å². The van der Waals surface area contributed by atoms with E-state index in [2.05, 4.69) is 26.0 Å². The van der Waals surface area contributed by atoms with Crippen LogP contribution in [-0.4, -0.2) is 88.3 Å². The number of carbonyl (C=O) groups excluding carboxylic acids is 3. The molecule has 0 aromatic heterocycles. The van der Waals surface area contributed by atoms with Crippen molar-refractivity contribution in [2.24, 2.45) is 0 Å². The summed E-state index contributed by atoms with van der Waals surface area (Å²) < 4.78 is 14.0. The summed E-state index contributed by atoms with van der Waals surface area (Å²) in [5.41, 5.74) is 0. The molecule has 0 spiro atoms. The lowest BCUT2D eigenvalue weighted by Gasteiger charge is -2.27. The van der Waals surface area contributed by atoms with Crippen molar-refractivity contribution in [3.63, 3.8) is 0 Å². The first-order valence-corrected chi connectivity index (χ1v) is 8.61. The molecule has 0 radical (unpaired) electrons. The molecule has 0 heterocycles. The molecule has 0 N–H and O–H groups in total. The van der Waals surface area contributed by atoms with E-state index in [9.17, 15) is 14.4 Å². The Hall–Kier alpha value is -1.67. The monoisotopic (exact) mass is 360 g/mol. The Labute approximate surface area is 150 Å². The van der Waals surface area contributed by atoms with Gasteiger partial charge in [0.15, 0.2) is 0 Å². The molecule has 0 rings (SSSR count). The first kappa shape index (κ1) is 23.3. The number of esters is 3. The molecule has 0 aliphatic carbocycles. The Morgan fingerprint density at radius 2 is 0.920 bits per heavy atom. The van der Waals surface area contributed by atoms with Gasteiger partial charge in [-0.1, -0.05) is 6.92 Å². The lowest BCUT2D eigenvalue weighted by atomic mass is 10.3. The number of ether oxygens (including phenoxy) is 3. The molecule has 25 heavy (non-hydrogen) atoms. The van der Waals surface area contributed by atoms with Crippen LogP contribution < -0.4 is 0 Å². The third-order valence-corrected chi connectivity index (χ3v) is 3.85. The van der Waals surface area contributed by atoms with E-state index in [1.54, 1.807) is 0 Å². The zero-order valence-electron chi connectivity index (χ0n) is 15.9. The fraction of sp³-hybridized carbons (Fsp3) is 0.824. The minimum absolute atomic E-state index is 0.227. The van der Waals surface area contributed by atoms with E-state index in [0.717, 1.165) is 19.5 Å². The molecule has 0 aromatic carbocycles. The first-order valence-electron chi connectivity index (χ1n) is 8.61. The van der Waals surface area contributed by atoms with Crippen LogP contribution in [0.4, 0.5) is 0 Å². The van der Waals surface area contributed by atoms with Gasteiger partial charge in [-0.05, 0) is 13.0 Å². The van der Waals surface area contributed by atoms with E-state index in [1.165, 1.54) is 21.3 Å². The van der Waals surface area contributed by atoms with Crippen molar-refractivity contribution in [2.75, 3.05) is 60.6 Å². The van der Waals surface area contributed by atoms with E-state index in [4.69, 9.17) is 0 Å². The highest BCUT2D eigenvalue weighted by atomic mass is 16.5. The van der Waals surface area contributed by atoms with Gasteiger partial charge in [0, 0.05) is 32.7 Å². The van der Waals surface area contributed by atoms with Crippen LogP contribution in [-0.2, 0) is 28.6 Å². The number of hydrogen-bond donors (Lipinski definition) is 0. The van der Waals surface area contributed by atoms with Crippen molar-refractivity contribution in [1.82, 2.24) is 9.80 Å². The van der Waals surface area contributed by atoms with Crippen LogP contribution >= 0.6 is 0 Å². The van der Waals surface area contributed by atoms with E-state index < -0.39 is 0 Å². The van der Waals surface area contributed by atoms with Crippen LogP contribution in [0.2, 0.25) is 0 Å². The van der Waals surface area contributed by atoms with E-state index >= 15 is 0 Å². The van der Waals surface area contributed by atoms with Crippen LogP contribution in [0.15, 0.2) is 0 Å². The molecule has 0 saturated heterocycles. The van der Waals surface area contributed by atoms with E-state index in [-0.39, 0.29) is 30.7 Å². The standard InChI is InChI=1S/C17H32N2O6/c1-5-9-18(10-6-15(20)23-2)13-14-19(11-7-16(21)24-3)12-8-17(22)25-4/h5-14H2,1-4H3. The van der Waals surface area contributed by atoms with Gasteiger partial charge in [-0.2, -0.15) is 0 Å². The van der Waals surface area contributed by atoms with Crippen molar-refractivity contribution in [1.29, 1.82) is 0 Å². The quantitative estimate of drug-likeness (QED) is 0.330. The maximum atomic E-state index is 11.4. The van der Waals surface area contributed by atoms with Gasteiger partial charge in [0.25, 0.3) is 0 Å². The average molecular weight is 360 g/mol. The van der Waals surface area contributed by atoms with Gasteiger partial charge in [-0.3, -0.25) is 14.4 Å². The molecule has 0 atom stereocenters. The second-order valence-electron chi connectivity index (χ2n) is 5.66. The number of methoxy groups -OCH3 is 3. The van der Waals surface area contributed by atoms with Crippen molar-refractivity contribution >= 4 is 17.9 Å². The van der Waals surface area contributed by atoms with Gasteiger partial charge in [-0.15, -0.1) is 0 Å². The Morgan fingerprint density at radius 3 is 1.20 bits per heavy atom. The zero-order valence-corrected chi connectivity index (χ0v) is 15.9. The average Bonchev–Trinajstić information content (AvgIpc) is 2.63. The summed E-state index contributed by atoms with van der Waals surface area (Å²) in [6.45, 7) is 6.04. The topological polar surface area (TPSA) is 85.4 Å². The minimum atomic E-state index is -0.279. The highest BCUT2D eigenvalue weighted by Gasteiger charge is 2.14. The lowest BCUT2D eigenvalue weighted by Crippen LogP contribution is -2.38. The van der Waals surface area contributed by atoms with Crippen molar-refractivity contribution in [3.8, 4) is 0 Å². The molecule has 0 fully saturated rings. The fourth-order valence-electron chi connectivity index (χ4n) is 2.32. The van der Waals surface area contributed by atoms with E-state index in [0.29, 0.717) is 32.6 Å². The third-order valence-electron chi connectivity index (χ3n) is 3.85. The third kappa shape index (κ3) is 12.4. The van der Waals surface area contributed by atoms with Crippen LogP contribution in [0.5, 0.6) is 0 Å². The second-order valence-corrected chi connectivity index (χ2v) is 5.66. The molecule has 0 aliphatic rings. The molecule has 0 aromatic rings. The van der Waals surface area contributed by atoms with Gasteiger partial charge in [-0.25, -0.2) is 0 Å². The molecular weight excluding hydrogens is 328 g/mol. The summed E-state index contributed by atoms with van der Waals surface area (Å²) in [5, 5.41) is 0. The second kappa shape index (κ2) is 14.7. The van der Waals surface area contributed by atoms with E-state index in [1.807, 2.05) is 4.90 Å². The molecule has 0 bridgehead atoms. The highest BCUT2D eigenvalue weighted by molar-refractivity contribution is 5.70. The molecule has 8 heteroatoms. The Bertz CT molecular complexity index is 383. The zero-order chi connectivity index (χ0) is 19.1. The van der Waals surface area contributed by atoms with Crippen molar-refractivity contribution in [3.05, 3.63) is 0 Å². The van der Waals surface area contributed by atoms with Gasteiger partial charge in [0.05, 0.1) is 40.6 Å². The van der Waals surface area contributed by atoms with Gasteiger partial charge in [0.2, 0.25) is 0 Å². The predicted molar refractivity (Wildman–Crippen MR) is 93.1 cm³/mol. The molecule has 0 unspecified atom stereocenters. The van der Waals surface area contributed by atoms with Crippen molar-refractivity contribution in [2.45, 2.75) is 32.6 Å². The smallest absolute Gasteiger partial charge is 0.306 e. The molecule has 146 valence electrons. The maximum absolute atomic E-state index is 11.4. The molecule has 8 nitrogen and oxygen atoms in total. The largest absolute Gasteiger partial charge is 0.469 e.